The Labute approximate surface area is 175 Å². The van der Waals surface area contributed by atoms with Crippen LogP contribution in [-0.4, -0.2) is 44.5 Å². The van der Waals surface area contributed by atoms with Crippen LogP contribution in [0.1, 0.15) is 18.4 Å². The molecule has 0 aromatic heterocycles. The van der Waals surface area contributed by atoms with E-state index in [1.165, 1.54) is 7.11 Å². The van der Waals surface area contributed by atoms with Gasteiger partial charge in [-0.2, -0.15) is 0 Å². The Morgan fingerprint density at radius 3 is 2.70 bits per heavy atom. The van der Waals surface area contributed by atoms with Crippen LogP contribution in [-0.2, 0) is 14.4 Å². The van der Waals surface area contributed by atoms with Crippen molar-refractivity contribution in [1.82, 2.24) is 5.32 Å². The number of ether oxygens (including phenoxy) is 2. The van der Waals surface area contributed by atoms with E-state index in [0.29, 0.717) is 30.2 Å². The number of carbonyl (C=O) groups excluding carboxylic acids is 3. The van der Waals surface area contributed by atoms with Gasteiger partial charge in [0.15, 0.2) is 6.61 Å². The summed E-state index contributed by atoms with van der Waals surface area (Å²) >= 11 is 0. The monoisotopic (exact) mass is 411 g/mol. The first-order valence-electron chi connectivity index (χ1n) is 9.70. The third-order valence-corrected chi connectivity index (χ3v) is 4.65. The molecule has 0 spiro atoms. The molecular formula is C22H25N3O5. The van der Waals surface area contributed by atoms with Gasteiger partial charge < -0.3 is 25.0 Å². The summed E-state index contributed by atoms with van der Waals surface area (Å²) in [7, 11) is 1.52. The van der Waals surface area contributed by atoms with Crippen LogP contribution in [0.5, 0.6) is 11.5 Å². The van der Waals surface area contributed by atoms with E-state index >= 15 is 0 Å². The van der Waals surface area contributed by atoms with Crippen LogP contribution >= 0.6 is 0 Å². The number of rotatable bonds is 8. The largest absolute Gasteiger partial charge is 0.495 e. The van der Waals surface area contributed by atoms with E-state index in [1.54, 1.807) is 35.2 Å². The fourth-order valence-corrected chi connectivity index (χ4v) is 3.16. The Bertz CT molecular complexity index is 944. The van der Waals surface area contributed by atoms with Crippen LogP contribution < -0.4 is 25.0 Å². The lowest BCUT2D eigenvalue weighted by Gasteiger charge is -2.16. The van der Waals surface area contributed by atoms with Gasteiger partial charge in [0.25, 0.3) is 5.91 Å². The average Bonchev–Trinajstić information content (AvgIpc) is 3.17. The number of nitrogens with zero attached hydrogens (tertiary/aromatic N) is 1. The Kier molecular flexibility index (Phi) is 6.90. The molecule has 8 heteroatoms. The summed E-state index contributed by atoms with van der Waals surface area (Å²) in [5.74, 6) is 0.309. The highest BCUT2D eigenvalue weighted by molar-refractivity contribution is 5.96. The van der Waals surface area contributed by atoms with Crippen molar-refractivity contribution in [1.29, 1.82) is 0 Å². The standard InChI is InChI=1S/C22H25N3O5/c1-15-8-9-19(29-2)18(11-15)24-20(26)13-23-21(27)14-30-17-6-3-5-16(12-17)25-10-4-7-22(25)28/h3,5-6,8-9,11-12H,4,7,10,13-14H2,1-2H3,(H,23,27)(H,24,26). The Morgan fingerprint density at radius 2 is 1.97 bits per heavy atom. The van der Waals surface area contributed by atoms with Crippen LogP contribution in [0, 0.1) is 6.92 Å². The molecule has 2 N–H and O–H groups in total. The van der Waals surface area contributed by atoms with Crippen molar-refractivity contribution >= 4 is 29.1 Å². The van der Waals surface area contributed by atoms with Gasteiger partial charge in [-0.05, 0) is 43.2 Å². The van der Waals surface area contributed by atoms with Crippen molar-refractivity contribution in [2.45, 2.75) is 19.8 Å². The summed E-state index contributed by atoms with van der Waals surface area (Å²) in [6, 6.07) is 12.5. The molecule has 0 unspecified atom stereocenters. The maximum Gasteiger partial charge on any atom is 0.258 e. The number of carbonyl (C=O) groups is 3. The predicted molar refractivity (Wildman–Crippen MR) is 113 cm³/mol. The topological polar surface area (TPSA) is 97.0 Å². The van der Waals surface area contributed by atoms with Crippen molar-refractivity contribution in [2.24, 2.45) is 0 Å². The second-order valence-corrected chi connectivity index (χ2v) is 6.96. The molecule has 1 fully saturated rings. The quantitative estimate of drug-likeness (QED) is 0.695. The smallest absolute Gasteiger partial charge is 0.258 e. The summed E-state index contributed by atoms with van der Waals surface area (Å²) < 4.78 is 10.7. The molecule has 8 nitrogen and oxygen atoms in total. The molecule has 0 aliphatic carbocycles. The minimum absolute atomic E-state index is 0.0844. The van der Waals surface area contributed by atoms with Gasteiger partial charge in [-0.25, -0.2) is 0 Å². The lowest BCUT2D eigenvalue weighted by Crippen LogP contribution is -2.35. The maximum absolute atomic E-state index is 12.1. The molecule has 1 heterocycles. The molecule has 2 aromatic rings. The van der Waals surface area contributed by atoms with Crippen molar-refractivity contribution < 1.29 is 23.9 Å². The molecule has 1 aliphatic rings. The molecule has 3 amide bonds. The number of methoxy groups -OCH3 is 1. The van der Waals surface area contributed by atoms with Gasteiger partial charge in [-0.15, -0.1) is 0 Å². The fourth-order valence-electron chi connectivity index (χ4n) is 3.16. The Hall–Kier alpha value is -3.55. The van der Waals surface area contributed by atoms with Crippen LogP contribution in [0.25, 0.3) is 0 Å². The van der Waals surface area contributed by atoms with Gasteiger partial charge in [-0.1, -0.05) is 12.1 Å². The summed E-state index contributed by atoms with van der Waals surface area (Å²) in [4.78, 5) is 37.7. The average molecular weight is 411 g/mol. The summed E-state index contributed by atoms with van der Waals surface area (Å²) in [5.41, 5.74) is 2.27. The van der Waals surface area contributed by atoms with E-state index < -0.39 is 5.91 Å². The Balaban J connectivity index is 1.47. The van der Waals surface area contributed by atoms with Crippen molar-refractivity contribution in [3.8, 4) is 11.5 Å². The molecule has 3 rings (SSSR count). The minimum Gasteiger partial charge on any atom is -0.495 e. The number of anilines is 2. The molecular weight excluding hydrogens is 386 g/mol. The number of hydrogen-bond acceptors (Lipinski definition) is 5. The summed E-state index contributed by atoms with van der Waals surface area (Å²) in [6.45, 7) is 2.16. The zero-order chi connectivity index (χ0) is 21.5. The fraction of sp³-hybridized carbons (Fsp3) is 0.318. The van der Waals surface area contributed by atoms with Crippen LogP contribution in [0.15, 0.2) is 42.5 Å². The highest BCUT2D eigenvalue weighted by Gasteiger charge is 2.21. The lowest BCUT2D eigenvalue weighted by molar-refractivity contribution is -0.125. The van der Waals surface area contributed by atoms with Gasteiger partial charge in [0.05, 0.1) is 19.3 Å². The van der Waals surface area contributed by atoms with E-state index in [-0.39, 0.29) is 25.0 Å². The first kappa shape index (κ1) is 21.2. The second kappa shape index (κ2) is 9.78. The van der Waals surface area contributed by atoms with Crippen LogP contribution in [0.4, 0.5) is 11.4 Å². The van der Waals surface area contributed by atoms with E-state index in [4.69, 9.17) is 9.47 Å². The lowest BCUT2D eigenvalue weighted by atomic mass is 10.2. The number of hydrogen-bond donors (Lipinski definition) is 2. The molecule has 0 atom stereocenters. The normalized spacial score (nSPS) is 13.1. The number of nitrogens with one attached hydrogen (secondary N) is 2. The molecule has 30 heavy (non-hydrogen) atoms. The van der Waals surface area contributed by atoms with Gasteiger partial charge in [0.1, 0.15) is 11.5 Å². The molecule has 1 aliphatic heterocycles. The van der Waals surface area contributed by atoms with Crippen molar-refractivity contribution in [2.75, 3.05) is 37.0 Å². The van der Waals surface area contributed by atoms with Gasteiger partial charge >= 0.3 is 0 Å². The predicted octanol–water partition coefficient (Wildman–Crippen LogP) is 2.26. The maximum atomic E-state index is 12.1. The van der Waals surface area contributed by atoms with Gasteiger partial charge in [-0.3, -0.25) is 14.4 Å². The highest BCUT2D eigenvalue weighted by Crippen LogP contribution is 2.26. The molecule has 2 aromatic carbocycles. The van der Waals surface area contributed by atoms with E-state index in [2.05, 4.69) is 10.6 Å². The summed E-state index contributed by atoms with van der Waals surface area (Å²) in [6.07, 6.45) is 1.38. The number of benzene rings is 2. The van der Waals surface area contributed by atoms with Gasteiger partial charge in [0, 0.05) is 24.7 Å². The first-order chi connectivity index (χ1) is 14.5. The van der Waals surface area contributed by atoms with E-state index in [1.807, 2.05) is 19.1 Å². The number of amides is 3. The molecule has 158 valence electrons. The number of aryl methyl sites for hydroxylation is 1. The highest BCUT2D eigenvalue weighted by atomic mass is 16.5. The SMILES string of the molecule is COc1ccc(C)cc1NC(=O)CNC(=O)COc1cccc(N2CCCC2=O)c1. The molecule has 0 radical (unpaired) electrons. The van der Waals surface area contributed by atoms with E-state index in [0.717, 1.165) is 17.7 Å². The van der Waals surface area contributed by atoms with Crippen LogP contribution in [0.3, 0.4) is 0 Å². The van der Waals surface area contributed by atoms with Crippen LogP contribution in [0.2, 0.25) is 0 Å². The Morgan fingerprint density at radius 1 is 1.13 bits per heavy atom. The van der Waals surface area contributed by atoms with Crippen molar-refractivity contribution in [3.05, 3.63) is 48.0 Å². The zero-order valence-corrected chi connectivity index (χ0v) is 17.1. The summed E-state index contributed by atoms with van der Waals surface area (Å²) in [5, 5.41) is 5.24. The third kappa shape index (κ3) is 5.50. The molecule has 0 saturated carbocycles. The van der Waals surface area contributed by atoms with E-state index in [9.17, 15) is 14.4 Å². The third-order valence-electron chi connectivity index (χ3n) is 4.65. The van der Waals surface area contributed by atoms with Gasteiger partial charge in [0.2, 0.25) is 11.8 Å². The zero-order valence-electron chi connectivity index (χ0n) is 17.1. The molecule has 0 bridgehead atoms. The second-order valence-electron chi connectivity index (χ2n) is 6.96. The van der Waals surface area contributed by atoms with Crippen molar-refractivity contribution in [3.63, 3.8) is 0 Å². The first-order valence-corrected chi connectivity index (χ1v) is 9.70. The molecule has 1 saturated heterocycles. The minimum atomic E-state index is -0.427.